The van der Waals surface area contributed by atoms with Gasteiger partial charge in [0.25, 0.3) is 0 Å². The summed E-state index contributed by atoms with van der Waals surface area (Å²) in [7, 11) is 4.59. The van der Waals surface area contributed by atoms with E-state index in [1.54, 1.807) is 12.1 Å². The molecule has 9 heteroatoms. The number of rotatable bonds is 6. The van der Waals surface area contributed by atoms with Crippen LogP contribution in [-0.2, 0) is 0 Å². The summed E-state index contributed by atoms with van der Waals surface area (Å²) >= 11 is 3.38. The molecule has 1 saturated heterocycles. The number of benzene rings is 1. The molecule has 1 fully saturated rings. The zero-order chi connectivity index (χ0) is 20.4. The second kappa shape index (κ2) is 8.46. The summed E-state index contributed by atoms with van der Waals surface area (Å²) in [5.41, 5.74) is 1.61. The Morgan fingerprint density at radius 3 is 2.34 bits per heavy atom. The van der Waals surface area contributed by atoms with Gasteiger partial charge in [0.05, 0.1) is 31.5 Å². The molecule has 3 heterocycles. The highest BCUT2D eigenvalue weighted by atomic mass is 32.2. The Bertz CT molecular complexity index is 1020. The molecule has 1 aliphatic heterocycles. The number of nitrogens with zero attached hydrogens (tertiary/aromatic N) is 3. The van der Waals surface area contributed by atoms with Crippen LogP contribution in [0.25, 0.3) is 10.2 Å². The molecule has 2 aromatic heterocycles. The maximum Gasteiger partial charge on any atom is 0.226 e. The summed E-state index contributed by atoms with van der Waals surface area (Å²) in [6.07, 6.45) is 0. The number of fused-ring (bicyclic) bond motifs is 1. The van der Waals surface area contributed by atoms with Gasteiger partial charge >= 0.3 is 0 Å². The molecule has 7 nitrogen and oxygen atoms in total. The van der Waals surface area contributed by atoms with Gasteiger partial charge in [0, 0.05) is 30.2 Å². The Kier molecular flexibility index (Phi) is 5.77. The number of hydrogen-bond acceptors (Lipinski definition) is 9. The van der Waals surface area contributed by atoms with E-state index in [2.05, 4.69) is 14.9 Å². The normalized spacial score (nSPS) is 14.1. The number of methoxy groups -OCH3 is 3. The summed E-state index contributed by atoms with van der Waals surface area (Å²) in [5, 5.41) is 1.93. The minimum atomic E-state index is -0.202. The third-order valence-electron chi connectivity index (χ3n) is 4.73. The quantitative estimate of drug-likeness (QED) is 0.549. The predicted molar refractivity (Wildman–Crippen MR) is 116 cm³/mol. The maximum atomic E-state index is 13.5. The van der Waals surface area contributed by atoms with E-state index in [0.717, 1.165) is 34.8 Å². The van der Waals surface area contributed by atoms with Crippen molar-refractivity contribution in [2.24, 2.45) is 0 Å². The largest absolute Gasteiger partial charge is 0.493 e. The molecule has 4 rings (SSSR count). The van der Waals surface area contributed by atoms with Crippen molar-refractivity contribution in [3.05, 3.63) is 34.8 Å². The Labute approximate surface area is 177 Å². The molecule has 29 heavy (non-hydrogen) atoms. The first kappa shape index (κ1) is 19.8. The van der Waals surface area contributed by atoms with Crippen LogP contribution in [0.3, 0.4) is 0 Å². The molecule has 0 N–H and O–H groups in total. The summed E-state index contributed by atoms with van der Waals surface area (Å²) in [4.78, 5) is 25.0. The fourth-order valence-corrected chi connectivity index (χ4v) is 4.98. The molecule has 0 spiro atoms. The van der Waals surface area contributed by atoms with E-state index in [1.807, 2.05) is 23.2 Å². The van der Waals surface area contributed by atoms with Gasteiger partial charge < -0.3 is 19.1 Å². The van der Waals surface area contributed by atoms with Crippen LogP contribution in [0.2, 0.25) is 0 Å². The van der Waals surface area contributed by atoms with E-state index in [4.69, 9.17) is 14.2 Å². The number of carbonyl (C=O) groups is 1. The Hall–Kier alpha value is -2.52. The van der Waals surface area contributed by atoms with Crippen molar-refractivity contribution in [3.63, 3.8) is 0 Å². The molecule has 0 amide bonds. The van der Waals surface area contributed by atoms with Crippen LogP contribution >= 0.6 is 23.1 Å². The standard InChI is InChI=1S/C20H21N3O4S2/c1-25-14-10-12(11-15(26-2)18(14)27-3)17(24)16-19-13(4-7-29-19)21-20(22-16)23-5-8-28-9-6-23/h4,7,10-11H,5-6,8-9H2,1-3H3. The molecule has 0 aliphatic carbocycles. The molecule has 0 radical (unpaired) electrons. The third-order valence-corrected chi connectivity index (χ3v) is 6.58. The summed E-state index contributed by atoms with van der Waals surface area (Å²) in [6.45, 7) is 1.75. The average Bonchev–Trinajstić information content (AvgIpc) is 3.26. The monoisotopic (exact) mass is 431 g/mol. The molecule has 0 atom stereocenters. The maximum absolute atomic E-state index is 13.5. The highest BCUT2D eigenvalue weighted by Gasteiger charge is 2.24. The van der Waals surface area contributed by atoms with Gasteiger partial charge in [-0.15, -0.1) is 11.3 Å². The lowest BCUT2D eigenvalue weighted by atomic mass is 10.1. The first-order valence-corrected chi connectivity index (χ1v) is 11.1. The Morgan fingerprint density at radius 1 is 1.03 bits per heavy atom. The van der Waals surface area contributed by atoms with E-state index < -0.39 is 0 Å². The fraction of sp³-hybridized carbons (Fsp3) is 0.350. The highest BCUT2D eigenvalue weighted by Crippen LogP contribution is 2.39. The van der Waals surface area contributed by atoms with Gasteiger partial charge in [0.1, 0.15) is 5.69 Å². The van der Waals surface area contributed by atoms with Crippen LogP contribution in [0.1, 0.15) is 16.1 Å². The molecular weight excluding hydrogens is 410 g/mol. The number of anilines is 1. The van der Waals surface area contributed by atoms with Crippen molar-refractivity contribution in [2.75, 3.05) is 50.8 Å². The molecule has 0 bridgehead atoms. The second-order valence-electron chi connectivity index (χ2n) is 6.35. The molecule has 1 aliphatic rings. The average molecular weight is 432 g/mol. The van der Waals surface area contributed by atoms with Crippen LogP contribution in [0.4, 0.5) is 5.95 Å². The zero-order valence-corrected chi connectivity index (χ0v) is 18.1. The molecule has 0 unspecified atom stereocenters. The number of thiophene rings is 1. The Morgan fingerprint density at radius 2 is 1.72 bits per heavy atom. The van der Waals surface area contributed by atoms with Gasteiger partial charge in [0.2, 0.25) is 17.5 Å². The summed E-state index contributed by atoms with van der Waals surface area (Å²) in [5.74, 6) is 3.77. The summed E-state index contributed by atoms with van der Waals surface area (Å²) in [6, 6.07) is 5.24. The second-order valence-corrected chi connectivity index (χ2v) is 8.49. The number of ketones is 1. The minimum Gasteiger partial charge on any atom is -0.493 e. The van der Waals surface area contributed by atoms with Crippen molar-refractivity contribution < 1.29 is 19.0 Å². The van der Waals surface area contributed by atoms with Crippen LogP contribution in [0.15, 0.2) is 23.6 Å². The van der Waals surface area contributed by atoms with Crippen molar-refractivity contribution >= 4 is 45.0 Å². The van der Waals surface area contributed by atoms with Crippen molar-refractivity contribution in [2.45, 2.75) is 0 Å². The molecule has 0 saturated carbocycles. The van der Waals surface area contributed by atoms with Gasteiger partial charge in [0.15, 0.2) is 11.5 Å². The van der Waals surface area contributed by atoms with Crippen molar-refractivity contribution in [1.82, 2.24) is 9.97 Å². The summed E-state index contributed by atoms with van der Waals surface area (Å²) < 4.78 is 16.9. The number of hydrogen-bond donors (Lipinski definition) is 0. The van der Waals surface area contributed by atoms with Gasteiger partial charge in [-0.3, -0.25) is 4.79 Å². The van der Waals surface area contributed by atoms with E-state index in [0.29, 0.717) is 34.5 Å². The predicted octanol–water partition coefficient (Wildman–Crippen LogP) is 3.50. The van der Waals surface area contributed by atoms with Crippen LogP contribution in [0.5, 0.6) is 17.2 Å². The van der Waals surface area contributed by atoms with E-state index in [1.165, 1.54) is 32.7 Å². The topological polar surface area (TPSA) is 73.8 Å². The van der Waals surface area contributed by atoms with Gasteiger partial charge in [-0.25, -0.2) is 9.97 Å². The number of carbonyl (C=O) groups excluding carboxylic acids is 1. The fourth-order valence-electron chi connectivity index (χ4n) is 3.26. The zero-order valence-electron chi connectivity index (χ0n) is 16.4. The number of thioether (sulfide) groups is 1. The first-order chi connectivity index (χ1) is 14.2. The van der Waals surface area contributed by atoms with E-state index in [9.17, 15) is 4.79 Å². The lowest BCUT2D eigenvalue weighted by molar-refractivity contribution is 0.103. The Balaban J connectivity index is 1.82. The molecule has 152 valence electrons. The van der Waals surface area contributed by atoms with Crippen LogP contribution < -0.4 is 19.1 Å². The van der Waals surface area contributed by atoms with Crippen LogP contribution in [0, 0.1) is 0 Å². The van der Waals surface area contributed by atoms with Gasteiger partial charge in [-0.05, 0) is 23.6 Å². The molecule has 3 aromatic rings. The van der Waals surface area contributed by atoms with Crippen molar-refractivity contribution in [3.8, 4) is 17.2 Å². The molecule has 1 aromatic carbocycles. The van der Waals surface area contributed by atoms with Crippen LogP contribution in [-0.4, -0.2) is 61.7 Å². The number of aromatic nitrogens is 2. The highest BCUT2D eigenvalue weighted by molar-refractivity contribution is 7.99. The van der Waals surface area contributed by atoms with E-state index >= 15 is 0 Å². The minimum absolute atomic E-state index is 0.202. The third kappa shape index (κ3) is 3.72. The smallest absolute Gasteiger partial charge is 0.226 e. The lowest BCUT2D eigenvalue weighted by Gasteiger charge is -2.26. The molecular formula is C20H21N3O4S2. The van der Waals surface area contributed by atoms with Gasteiger partial charge in [-0.1, -0.05) is 0 Å². The van der Waals surface area contributed by atoms with Crippen molar-refractivity contribution in [1.29, 1.82) is 0 Å². The van der Waals surface area contributed by atoms with Gasteiger partial charge in [-0.2, -0.15) is 11.8 Å². The van der Waals surface area contributed by atoms with E-state index in [-0.39, 0.29) is 5.78 Å². The number of ether oxygens (including phenoxy) is 3. The SMILES string of the molecule is COc1cc(C(=O)c2nc(N3CCSCC3)nc3ccsc23)cc(OC)c1OC. The first-order valence-electron chi connectivity index (χ1n) is 9.09. The lowest BCUT2D eigenvalue weighted by Crippen LogP contribution is -2.34.